The third-order valence-electron chi connectivity index (χ3n) is 5.38. The second-order valence-electron chi connectivity index (χ2n) is 7.25. The van der Waals surface area contributed by atoms with Crippen molar-refractivity contribution in [1.82, 2.24) is 10.2 Å². The smallest absolute Gasteiger partial charge is 0.161 e. The zero-order chi connectivity index (χ0) is 17.8. The van der Waals surface area contributed by atoms with Gasteiger partial charge < -0.3 is 14.8 Å². The fourth-order valence-corrected chi connectivity index (χ4v) is 3.88. The van der Waals surface area contributed by atoms with Crippen molar-refractivity contribution in [3.8, 4) is 11.5 Å². The van der Waals surface area contributed by atoms with Gasteiger partial charge >= 0.3 is 0 Å². The van der Waals surface area contributed by atoms with Crippen molar-refractivity contribution in [2.75, 3.05) is 33.3 Å². The normalized spacial score (nSPS) is 19.1. The monoisotopic (exact) mass is 352 g/mol. The van der Waals surface area contributed by atoms with Crippen LogP contribution in [0.15, 0.2) is 48.5 Å². The van der Waals surface area contributed by atoms with Crippen molar-refractivity contribution in [3.63, 3.8) is 0 Å². The largest absolute Gasteiger partial charge is 0.493 e. The zero-order valence-electron chi connectivity index (χ0n) is 15.5. The molecule has 0 unspecified atom stereocenters. The van der Waals surface area contributed by atoms with Gasteiger partial charge in [0.1, 0.15) is 6.61 Å². The average molecular weight is 352 g/mol. The lowest BCUT2D eigenvalue weighted by atomic mass is 9.99. The molecule has 1 N–H and O–H groups in total. The molecule has 4 rings (SSSR count). The third-order valence-corrected chi connectivity index (χ3v) is 5.38. The lowest BCUT2D eigenvalue weighted by Crippen LogP contribution is -2.45. The minimum absolute atomic E-state index is 0.502. The number of benzene rings is 2. The van der Waals surface area contributed by atoms with Crippen molar-refractivity contribution in [2.45, 2.75) is 25.5 Å². The highest BCUT2D eigenvalue weighted by atomic mass is 16.5. The van der Waals surface area contributed by atoms with E-state index in [-0.39, 0.29) is 0 Å². The van der Waals surface area contributed by atoms with E-state index in [0.29, 0.717) is 12.6 Å². The van der Waals surface area contributed by atoms with Crippen LogP contribution in [-0.2, 0) is 6.61 Å². The van der Waals surface area contributed by atoms with Gasteiger partial charge in [-0.3, -0.25) is 4.90 Å². The first-order valence-corrected chi connectivity index (χ1v) is 9.64. The Labute approximate surface area is 156 Å². The second-order valence-corrected chi connectivity index (χ2v) is 7.25. The Morgan fingerprint density at radius 2 is 1.81 bits per heavy atom. The molecule has 4 nitrogen and oxygen atoms in total. The topological polar surface area (TPSA) is 33.7 Å². The van der Waals surface area contributed by atoms with Gasteiger partial charge in [0.2, 0.25) is 0 Å². The molecule has 138 valence electrons. The number of nitrogens with one attached hydrogen (secondary N) is 1. The van der Waals surface area contributed by atoms with Crippen LogP contribution in [0.2, 0.25) is 0 Å². The third kappa shape index (κ3) is 4.02. The van der Waals surface area contributed by atoms with Crippen LogP contribution < -0.4 is 14.8 Å². The standard InChI is InChI=1S/C22H28N2O2/c1-25-20-10-9-19(15-21(20)26-16-17-5-3-2-4-6-17)22(18-7-8-18)24-13-11-23-12-14-24/h2-6,9-10,15,18,22-23H,7-8,11-14,16H2,1H3/t22-/m0/s1. The van der Waals surface area contributed by atoms with Crippen molar-refractivity contribution in [3.05, 3.63) is 59.7 Å². The summed E-state index contributed by atoms with van der Waals surface area (Å²) in [7, 11) is 1.71. The van der Waals surface area contributed by atoms with Gasteiger partial charge in [-0.25, -0.2) is 0 Å². The maximum absolute atomic E-state index is 6.14. The van der Waals surface area contributed by atoms with Gasteiger partial charge in [0.15, 0.2) is 11.5 Å². The van der Waals surface area contributed by atoms with E-state index in [2.05, 4.69) is 40.5 Å². The molecule has 2 aromatic rings. The highest BCUT2D eigenvalue weighted by Crippen LogP contribution is 2.46. The number of ether oxygens (including phenoxy) is 2. The first kappa shape index (κ1) is 17.4. The van der Waals surface area contributed by atoms with Crippen LogP contribution in [0.3, 0.4) is 0 Å². The maximum atomic E-state index is 6.14. The van der Waals surface area contributed by atoms with Gasteiger partial charge in [0.05, 0.1) is 7.11 Å². The molecule has 4 heteroatoms. The van der Waals surface area contributed by atoms with E-state index >= 15 is 0 Å². The summed E-state index contributed by atoms with van der Waals surface area (Å²) in [6.45, 7) is 4.96. The van der Waals surface area contributed by atoms with Crippen LogP contribution in [0.4, 0.5) is 0 Å². The molecular weight excluding hydrogens is 324 g/mol. The molecule has 1 aliphatic heterocycles. The number of piperazine rings is 1. The predicted octanol–water partition coefficient (Wildman–Crippen LogP) is 3.63. The van der Waals surface area contributed by atoms with Gasteiger partial charge in [-0.15, -0.1) is 0 Å². The number of hydrogen-bond donors (Lipinski definition) is 1. The molecule has 1 saturated heterocycles. The number of methoxy groups -OCH3 is 1. The lowest BCUT2D eigenvalue weighted by Gasteiger charge is -2.35. The summed E-state index contributed by atoms with van der Waals surface area (Å²) >= 11 is 0. The van der Waals surface area contributed by atoms with Crippen molar-refractivity contribution in [1.29, 1.82) is 0 Å². The van der Waals surface area contributed by atoms with E-state index in [1.807, 2.05) is 18.2 Å². The second kappa shape index (κ2) is 8.11. The molecule has 0 aromatic heterocycles. The van der Waals surface area contributed by atoms with Crippen LogP contribution in [-0.4, -0.2) is 38.2 Å². The maximum Gasteiger partial charge on any atom is 0.161 e. The van der Waals surface area contributed by atoms with Crippen molar-refractivity contribution in [2.24, 2.45) is 5.92 Å². The average Bonchev–Trinajstić information content (AvgIpc) is 3.53. The summed E-state index contributed by atoms with van der Waals surface area (Å²) in [5, 5.41) is 3.46. The van der Waals surface area contributed by atoms with Gasteiger partial charge in [0, 0.05) is 32.2 Å². The summed E-state index contributed by atoms with van der Waals surface area (Å²) in [5.74, 6) is 2.43. The Morgan fingerprint density at radius 1 is 1.04 bits per heavy atom. The van der Waals surface area contributed by atoms with Crippen LogP contribution in [0.1, 0.15) is 30.0 Å². The summed E-state index contributed by atoms with van der Waals surface area (Å²) in [6, 6.07) is 17.3. The Balaban J connectivity index is 1.55. The molecule has 0 spiro atoms. The van der Waals surface area contributed by atoms with Gasteiger partial charge in [-0.1, -0.05) is 36.4 Å². The molecule has 2 aliphatic rings. The molecule has 1 aliphatic carbocycles. The summed E-state index contributed by atoms with van der Waals surface area (Å²) in [6.07, 6.45) is 2.67. The molecule has 0 bridgehead atoms. The van der Waals surface area contributed by atoms with Gasteiger partial charge in [-0.2, -0.15) is 0 Å². The van der Waals surface area contributed by atoms with Crippen LogP contribution >= 0.6 is 0 Å². The van der Waals surface area contributed by atoms with E-state index in [9.17, 15) is 0 Å². The molecule has 26 heavy (non-hydrogen) atoms. The fourth-order valence-electron chi connectivity index (χ4n) is 3.88. The first-order chi connectivity index (χ1) is 12.8. The van der Waals surface area contributed by atoms with E-state index < -0.39 is 0 Å². The molecule has 1 heterocycles. The van der Waals surface area contributed by atoms with E-state index in [4.69, 9.17) is 9.47 Å². The Morgan fingerprint density at radius 3 is 2.50 bits per heavy atom. The minimum Gasteiger partial charge on any atom is -0.493 e. The van der Waals surface area contributed by atoms with E-state index in [0.717, 1.165) is 43.6 Å². The Hall–Kier alpha value is -2.04. The summed E-state index contributed by atoms with van der Waals surface area (Å²) < 4.78 is 11.7. The number of nitrogens with zero attached hydrogens (tertiary/aromatic N) is 1. The molecule has 0 radical (unpaired) electrons. The zero-order valence-corrected chi connectivity index (χ0v) is 15.5. The number of hydrogen-bond acceptors (Lipinski definition) is 4. The highest BCUT2D eigenvalue weighted by Gasteiger charge is 2.37. The fraction of sp³-hybridized carbons (Fsp3) is 0.455. The molecule has 0 amide bonds. The van der Waals surface area contributed by atoms with Crippen LogP contribution in [0.5, 0.6) is 11.5 Å². The van der Waals surface area contributed by atoms with E-state index in [1.54, 1.807) is 7.11 Å². The van der Waals surface area contributed by atoms with E-state index in [1.165, 1.54) is 24.0 Å². The van der Waals surface area contributed by atoms with Crippen molar-refractivity contribution >= 4 is 0 Å². The number of rotatable bonds is 7. The Bertz CT molecular complexity index is 709. The molecular formula is C22H28N2O2. The first-order valence-electron chi connectivity index (χ1n) is 9.64. The highest BCUT2D eigenvalue weighted by molar-refractivity contribution is 5.44. The van der Waals surface area contributed by atoms with Crippen LogP contribution in [0, 0.1) is 5.92 Å². The molecule has 2 fully saturated rings. The minimum atomic E-state index is 0.502. The van der Waals surface area contributed by atoms with Gasteiger partial charge in [-0.05, 0) is 42.0 Å². The van der Waals surface area contributed by atoms with Crippen molar-refractivity contribution < 1.29 is 9.47 Å². The molecule has 1 atom stereocenters. The summed E-state index contributed by atoms with van der Waals surface area (Å²) in [4.78, 5) is 2.64. The lowest BCUT2D eigenvalue weighted by molar-refractivity contribution is 0.155. The molecule has 2 aromatic carbocycles. The summed E-state index contributed by atoms with van der Waals surface area (Å²) in [5.41, 5.74) is 2.53. The van der Waals surface area contributed by atoms with Crippen LogP contribution in [0.25, 0.3) is 0 Å². The SMILES string of the molecule is COc1ccc([C@H](C2CC2)N2CCNCC2)cc1OCc1ccccc1. The Kier molecular flexibility index (Phi) is 5.42. The molecule has 1 saturated carbocycles. The quantitative estimate of drug-likeness (QED) is 0.825. The van der Waals surface area contributed by atoms with Gasteiger partial charge in [0.25, 0.3) is 0 Å². The predicted molar refractivity (Wildman–Crippen MR) is 104 cm³/mol.